The quantitative estimate of drug-likeness (QED) is 0.263. The summed E-state index contributed by atoms with van der Waals surface area (Å²) < 4.78 is 28.9. The van der Waals surface area contributed by atoms with Gasteiger partial charge in [0.15, 0.2) is 0 Å². The first-order chi connectivity index (χ1) is 19.1. The number of carbonyl (C=O) groups is 2. The van der Waals surface area contributed by atoms with E-state index >= 15 is 0 Å². The molecule has 0 aliphatic rings. The number of aryl methyl sites for hydroxylation is 1. The van der Waals surface area contributed by atoms with Crippen LogP contribution in [0.3, 0.4) is 0 Å². The van der Waals surface area contributed by atoms with E-state index in [0.29, 0.717) is 15.6 Å². The Kier molecular flexibility index (Phi) is 10.7. The molecule has 41 heavy (non-hydrogen) atoms. The summed E-state index contributed by atoms with van der Waals surface area (Å²) >= 11 is 18.8. The number of anilines is 1. The number of rotatable bonds is 10. The van der Waals surface area contributed by atoms with Crippen LogP contribution in [0, 0.1) is 6.92 Å². The molecule has 7 nitrogen and oxygen atoms in total. The zero-order valence-electron chi connectivity index (χ0n) is 23.6. The Labute approximate surface area is 257 Å². The van der Waals surface area contributed by atoms with Gasteiger partial charge in [0.05, 0.1) is 25.7 Å². The molecule has 3 aromatic carbocycles. The highest BCUT2D eigenvalue weighted by atomic mass is 35.5. The van der Waals surface area contributed by atoms with E-state index in [0.717, 1.165) is 9.87 Å². The standard InChI is InChI=1S/C30H34Cl3N3O4S/c1-6-26(29(38)34-30(3,4)5)35(18-21-13-16-23(31)25(33)17-21)28(37)19-36(27-10-8-7-9-24(27)32)41(39,40)22-14-11-20(2)12-15-22/h7-17,26H,6,18-19H2,1-5H3,(H,34,38)/t26-/m0/s1. The number of nitrogens with one attached hydrogen (secondary N) is 1. The Balaban J connectivity index is 2.10. The molecule has 1 N–H and O–H groups in total. The van der Waals surface area contributed by atoms with E-state index in [1.165, 1.54) is 23.1 Å². The van der Waals surface area contributed by atoms with E-state index in [-0.39, 0.29) is 34.5 Å². The topological polar surface area (TPSA) is 86.8 Å². The van der Waals surface area contributed by atoms with E-state index in [9.17, 15) is 18.0 Å². The average molecular weight is 639 g/mol. The van der Waals surface area contributed by atoms with Crippen molar-refractivity contribution < 1.29 is 18.0 Å². The second-order valence-electron chi connectivity index (χ2n) is 10.7. The lowest BCUT2D eigenvalue weighted by Gasteiger charge is -2.35. The summed E-state index contributed by atoms with van der Waals surface area (Å²) in [5.41, 5.74) is 1.10. The Morgan fingerprint density at radius 3 is 2.10 bits per heavy atom. The summed E-state index contributed by atoms with van der Waals surface area (Å²) in [4.78, 5) is 28.9. The van der Waals surface area contributed by atoms with E-state index in [1.807, 2.05) is 27.7 Å². The minimum Gasteiger partial charge on any atom is -0.350 e. The third kappa shape index (κ3) is 8.38. The van der Waals surface area contributed by atoms with Crippen molar-refractivity contribution in [1.82, 2.24) is 10.2 Å². The molecule has 2 amide bonds. The summed E-state index contributed by atoms with van der Waals surface area (Å²) in [6.45, 7) is 8.56. The molecule has 3 aromatic rings. The van der Waals surface area contributed by atoms with Crippen molar-refractivity contribution in [3.05, 3.63) is 92.9 Å². The van der Waals surface area contributed by atoms with E-state index in [4.69, 9.17) is 34.8 Å². The van der Waals surface area contributed by atoms with Crippen molar-refractivity contribution >= 4 is 62.3 Å². The third-order valence-electron chi connectivity index (χ3n) is 6.23. The van der Waals surface area contributed by atoms with Gasteiger partial charge in [0, 0.05) is 12.1 Å². The molecule has 220 valence electrons. The molecule has 11 heteroatoms. The third-order valence-corrected chi connectivity index (χ3v) is 9.06. The van der Waals surface area contributed by atoms with Gasteiger partial charge in [0.25, 0.3) is 10.0 Å². The highest BCUT2D eigenvalue weighted by Crippen LogP contribution is 2.31. The molecule has 0 unspecified atom stereocenters. The van der Waals surface area contributed by atoms with Crippen molar-refractivity contribution in [2.45, 2.75) is 64.1 Å². The van der Waals surface area contributed by atoms with Gasteiger partial charge in [0.1, 0.15) is 12.6 Å². The highest BCUT2D eigenvalue weighted by molar-refractivity contribution is 7.92. The first-order valence-electron chi connectivity index (χ1n) is 13.0. The molecule has 1 atom stereocenters. The molecular weight excluding hydrogens is 605 g/mol. The monoisotopic (exact) mass is 637 g/mol. The molecule has 0 fully saturated rings. The Hall–Kier alpha value is -2.78. The van der Waals surface area contributed by atoms with Gasteiger partial charge in [-0.25, -0.2) is 8.42 Å². The van der Waals surface area contributed by atoms with E-state index in [2.05, 4.69) is 5.32 Å². The van der Waals surface area contributed by atoms with Gasteiger partial charge in [-0.05, 0) is 76.1 Å². The molecule has 0 saturated carbocycles. The number of hydrogen-bond acceptors (Lipinski definition) is 4. The van der Waals surface area contributed by atoms with Crippen LogP contribution in [0.25, 0.3) is 0 Å². The molecule has 0 bridgehead atoms. The number of benzene rings is 3. The number of nitrogens with zero attached hydrogens (tertiary/aromatic N) is 2. The summed E-state index contributed by atoms with van der Waals surface area (Å²) in [6.07, 6.45) is 0.284. The van der Waals surface area contributed by atoms with Gasteiger partial charge in [-0.15, -0.1) is 0 Å². The van der Waals surface area contributed by atoms with Gasteiger partial charge in [0.2, 0.25) is 11.8 Å². The maximum atomic E-state index is 14.1. The number of halogens is 3. The van der Waals surface area contributed by atoms with Crippen LogP contribution in [0.15, 0.2) is 71.6 Å². The number of para-hydroxylation sites is 1. The van der Waals surface area contributed by atoms with Crippen molar-refractivity contribution in [3.8, 4) is 0 Å². The van der Waals surface area contributed by atoms with Crippen LogP contribution >= 0.6 is 34.8 Å². The zero-order valence-corrected chi connectivity index (χ0v) is 26.7. The first-order valence-corrected chi connectivity index (χ1v) is 15.6. The highest BCUT2D eigenvalue weighted by Gasteiger charge is 2.35. The molecule has 0 aromatic heterocycles. The summed E-state index contributed by atoms with van der Waals surface area (Å²) in [5, 5.41) is 3.73. The minimum absolute atomic E-state index is 0.00405. The van der Waals surface area contributed by atoms with Gasteiger partial charge in [-0.3, -0.25) is 13.9 Å². The van der Waals surface area contributed by atoms with Crippen LogP contribution in [0.1, 0.15) is 45.2 Å². The lowest BCUT2D eigenvalue weighted by molar-refractivity contribution is -0.141. The number of carbonyl (C=O) groups excluding carboxylic acids is 2. The number of amides is 2. The zero-order chi connectivity index (χ0) is 30.5. The Bertz CT molecular complexity index is 1510. The Morgan fingerprint density at radius 2 is 1.54 bits per heavy atom. The predicted octanol–water partition coefficient (Wildman–Crippen LogP) is 6.87. The number of sulfonamides is 1. The smallest absolute Gasteiger partial charge is 0.264 e. The normalized spacial score (nSPS) is 12.5. The van der Waals surface area contributed by atoms with E-state index < -0.39 is 34.1 Å². The molecule has 0 spiro atoms. The largest absolute Gasteiger partial charge is 0.350 e. The second kappa shape index (κ2) is 13.5. The predicted molar refractivity (Wildman–Crippen MR) is 166 cm³/mol. The fourth-order valence-electron chi connectivity index (χ4n) is 4.21. The molecule has 3 rings (SSSR count). The van der Waals surface area contributed by atoms with Crippen molar-refractivity contribution in [2.75, 3.05) is 10.8 Å². The van der Waals surface area contributed by atoms with Crippen molar-refractivity contribution in [1.29, 1.82) is 0 Å². The molecule has 0 radical (unpaired) electrons. The fraction of sp³-hybridized carbons (Fsp3) is 0.333. The van der Waals surface area contributed by atoms with Gasteiger partial charge in [-0.2, -0.15) is 0 Å². The van der Waals surface area contributed by atoms with Crippen LogP contribution in [0.5, 0.6) is 0 Å². The lowest BCUT2D eigenvalue weighted by Crippen LogP contribution is -2.55. The molecular formula is C30H34Cl3N3O4S. The van der Waals surface area contributed by atoms with Gasteiger partial charge in [-0.1, -0.05) is 77.6 Å². The average Bonchev–Trinajstić information content (AvgIpc) is 2.88. The van der Waals surface area contributed by atoms with Crippen LogP contribution in [0.4, 0.5) is 5.69 Å². The van der Waals surface area contributed by atoms with Gasteiger partial charge < -0.3 is 10.2 Å². The SMILES string of the molecule is CC[C@@H](C(=O)NC(C)(C)C)N(Cc1ccc(Cl)c(Cl)c1)C(=O)CN(c1ccccc1Cl)S(=O)(=O)c1ccc(C)cc1. The maximum absolute atomic E-state index is 14.1. The Morgan fingerprint density at radius 1 is 0.902 bits per heavy atom. The van der Waals surface area contributed by atoms with Gasteiger partial charge >= 0.3 is 0 Å². The lowest BCUT2D eigenvalue weighted by atomic mass is 10.1. The van der Waals surface area contributed by atoms with E-state index in [1.54, 1.807) is 55.5 Å². The minimum atomic E-state index is -4.23. The second-order valence-corrected chi connectivity index (χ2v) is 13.8. The van der Waals surface area contributed by atoms with Crippen LogP contribution in [-0.4, -0.2) is 43.3 Å². The molecule has 0 saturated heterocycles. The van der Waals surface area contributed by atoms with Crippen molar-refractivity contribution in [3.63, 3.8) is 0 Å². The van der Waals surface area contributed by atoms with Crippen LogP contribution < -0.4 is 9.62 Å². The summed E-state index contributed by atoms with van der Waals surface area (Å²) in [6, 6.07) is 16.8. The molecule has 0 heterocycles. The number of hydrogen-bond donors (Lipinski definition) is 1. The van der Waals surface area contributed by atoms with Crippen LogP contribution in [0.2, 0.25) is 15.1 Å². The molecule has 0 aliphatic carbocycles. The molecule has 0 aliphatic heterocycles. The fourth-order valence-corrected chi connectivity index (χ4v) is 6.25. The van der Waals surface area contributed by atoms with Crippen LogP contribution in [-0.2, 0) is 26.2 Å². The maximum Gasteiger partial charge on any atom is 0.264 e. The summed E-state index contributed by atoms with van der Waals surface area (Å²) in [7, 11) is -4.23. The summed E-state index contributed by atoms with van der Waals surface area (Å²) in [5.74, 6) is -0.957. The first kappa shape index (κ1) is 32.7. The van der Waals surface area contributed by atoms with Crippen molar-refractivity contribution in [2.24, 2.45) is 0 Å².